The van der Waals surface area contributed by atoms with Gasteiger partial charge in [-0.25, -0.2) is 4.79 Å². The maximum Gasteiger partial charge on any atom is 0.336 e. The highest BCUT2D eigenvalue weighted by Gasteiger charge is 2.22. The van der Waals surface area contributed by atoms with Crippen LogP contribution in [0.2, 0.25) is 0 Å². The van der Waals surface area contributed by atoms with Crippen molar-refractivity contribution in [3.63, 3.8) is 0 Å². The summed E-state index contributed by atoms with van der Waals surface area (Å²) in [5.41, 5.74) is 0.877. The van der Waals surface area contributed by atoms with Crippen molar-refractivity contribution in [1.82, 2.24) is 0 Å². The first-order chi connectivity index (χ1) is 9.88. The number of hydrogen-bond donors (Lipinski definition) is 1. The van der Waals surface area contributed by atoms with E-state index in [0.717, 1.165) is 15.4 Å². The summed E-state index contributed by atoms with van der Waals surface area (Å²) < 4.78 is 6.00. The SMILES string of the molecule is CC(C)C(SCc1cc(=O)oc2cc(Br)ccc12)C(=O)O. The molecule has 1 N–H and O–H groups in total. The molecule has 0 aliphatic rings. The van der Waals surface area contributed by atoms with Crippen LogP contribution >= 0.6 is 27.7 Å². The Morgan fingerprint density at radius 3 is 2.71 bits per heavy atom. The molecule has 2 rings (SSSR count). The summed E-state index contributed by atoms with van der Waals surface area (Å²) in [7, 11) is 0. The third kappa shape index (κ3) is 3.89. The van der Waals surface area contributed by atoms with E-state index in [9.17, 15) is 14.7 Å². The van der Waals surface area contributed by atoms with Crippen LogP contribution in [0.5, 0.6) is 0 Å². The molecule has 112 valence electrons. The monoisotopic (exact) mass is 370 g/mol. The second-order valence-corrected chi connectivity index (χ2v) is 7.09. The van der Waals surface area contributed by atoms with Gasteiger partial charge in [0.05, 0.1) is 0 Å². The number of thioether (sulfide) groups is 1. The van der Waals surface area contributed by atoms with Crippen LogP contribution in [0, 0.1) is 5.92 Å². The number of carboxylic acid groups (broad SMARTS) is 1. The Hall–Kier alpha value is -1.27. The van der Waals surface area contributed by atoms with E-state index in [-0.39, 0.29) is 5.92 Å². The summed E-state index contributed by atoms with van der Waals surface area (Å²) in [6.45, 7) is 3.75. The Kier molecular flexibility index (Phi) is 5.11. The van der Waals surface area contributed by atoms with Gasteiger partial charge in [-0.3, -0.25) is 4.79 Å². The molecule has 1 aromatic carbocycles. The number of halogens is 1. The molecule has 1 unspecified atom stereocenters. The normalized spacial score (nSPS) is 12.8. The Morgan fingerprint density at radius 1 is 1.38 bits per heavy atom. The predicted molar refractivity (Wildman–Crippen MR) is 87.7 cm³/mol. The zero-order chi connectivity index (χ0) is 15.6. The largest absolute Gasteiger partial charge is 0.480 e. The Labute approximate surface area is 134 Å². The Balaban J connectivity index is 2.34. The zero-order valence-electron chi connectivity index (χ0n) is 11.6. The summed E-state index contributed by atoms with van der Waals surface area (Å²) in [6, 6.07) is 6.90. The highest BCUT2D eigenvalue weighted by Crippen LogP contribution is 2.28. The number of aliphatic carboxylic acids is 1. The van der Waals surface area contributed by atoms with Gasteiger partial charge in [0.2, 0.25) is 0 Å². The van der Waals surface area contributed by atoms with E-state index in [1.165, 1.54) is 17.8 Å². The van der Waals surface area contributed by atoms with Gasteiger partial charge in [0.1, 0.15) is 10.8 Å². The number of benzene rings is 1. The second-order valence-electron chi connectivity index (χ2n) is 5.05. The van der Waals surface area contributed by atoms with Gasteiger partial charge >= 0.3 is 11.6 Å². The third-order valence-corrected chi connectivity index (χ3v) is 5.14. The Bertz CT molecular complexity index is 723. The molecular formula is C15H15BrO4S. The lowest BCUT2D eigenvalue weighted by molar-refractivity contribution is -0.137. The maximum atomic E-state index is 11.6. The van der Waals surface area contributed by atoms with Crippen molar-refractivity contribution in [2.45, 2.75) is 24.9 Å². The summed E-state index contributed by atoms with van der Waals surface area (Å²) in [6.07, 6.45) is 0. The van der Waals surface area contributed by atoms with Crippen LogP contribution in [0.3, 0.4) is 0 Å². The molecule has 4 nitrogen and oxygen atoms in total. The van der Waals surface area contributed by atoms with Crippen molar-refractivity contribution in [3.8, 4) is 0 Å². The molecule has 0 fully saturated rings. The van der Waals surface area contributed by atoms with E-state index in [2.05, 4.69) is 15.9 Å². The van der Waals surface area contributed by atoms with Crippen molar-refractivity contribution in [2.75, 3.05) is 0 Å². The van der Waals surface area contributed by atoms with Crippen molar-refractivity contribution in [2.24, 2.45) is 5.92 Å². The van der Waals surface area contributed by atoms with Crippen LogP contribution in [0.4, 0.5) is 0 Å². The van der Waals surface area contributed by atoms with Gasteiger partial charge < -0.3 is 9.52 Å². The van der Waals surface area contributed by atoms with Gasteiger partial charge in [0.25, 0.3) is 0 Å². The molecule has 0 saturated carbocycles. The van der Waals surface area contributed by atoms with Crippen LogP contribution in [0.15, 0.2) is 37.9 Å². The van der Waals surface area contributed by atoms with Crippen LogP contribution in [-0.4, -0.2) is 16.3 Å². The molecule has 0 amide bonds. The second kappa shape index (κ2) is 6.66. The molecular weight excluding hydrogens is 356 g/mol. The molecule has 0 radical (unpaired) electrons. The molecule has 0 spiro atoms. The van der Waals surface area contributed by atoms with Crippen LogP contribution in [0.25, 0.3) is 11.0 Å². The van der Waals surface area contributed by atoms with E-state index in [1.54, 1.807) is 6.07 Å². The minimum Gasteiger partial charge on any atom is -0.480 e. The summed E-state index contributed by atoms with van der Waals surface area (Å²) >= 11 is 4.66. The van der Waals surface area contributed by atoms with Crippen molar-refractivity contribution >= 4 is 44.6 Å². The molecule has 0 bridgehead atoms. The lowest BCUT2D eigenvalue weighted by Crippen LogP contribution is -2.22. The van der Waals surface area contributed by atoms with Crippen LogP contribution < -0.4 is 5.63 Å². The average Bonchev–Trinajstić information content (AvgIpc) is 2.36. The number of fused-ring (bicyclic) bond motifs is 1. The minimum absolute atomic E-state index is 0.0213. The predicted octanol–water partition coefficient (Wildman–Crippen LogP) is 3.90. The number of carboxylic acids is 1. The molecule has 0 aliphatic carbocycles. The molecule has 0 saturated heterocycles. The highest BCUT2D eigenvalue weighted by atomic mass is 79.9. The Morgan fingerprint density at radius 2 is 2.10 bits per heavy atom. The highest BCUT2D eigenvalue weighted by molar-refractivity contribution is 9.10. The fourth-order valence-electron chi connectivity index (χ4n) is 2.05. The van der Waals surface area contributed by atoms with Gasteiger partial charge in [0.15, 0.2) is 0 Å². The first-order valence-electron chi connectivity index (χ1n) is 6.45. The minimum atomic E-state index is -0.829. The molecule has 1 aromatic heterocycles. The first kappa shape index (κ1) is 16.1. The smallest absolute Gasteiger partial charge is 0.336 e. The van der Waals surface area contributed by atoms with E-state index in [4.69, 9.17) is 4.42 Å². The first-order valence-corrected chi connectivity index (χ1v) is 8.29. The molecule has 21 heavy (non-hydrogen) atoms. The fourth-order valence-corrected chi connectivity index (χ4v) is 3.52. The van der Waals surface area contributed by atoms with E-state index in [0.29, 0.717) is 11.3 Å². The standard InChI is InChI=1S/C15H15BrO4S/c1-8(2)14(15(18)19)21-7-9-5-13(17)20-12-6-10(16)3-4-11(9)12/h3-6,8,14H,7H2,1-2H3,(H,18,19). The molecule has 6 heteroatoms. The number of carbonyl (C=O) groups is 1. The number of rotatable bonds is 5. The molecule has 0 aliphatic heterocycles. The van der Waals surface area contributed by atoms with Gasteiger partial charge in [0, 0.05) is 21.7 Å². The van der Waals surface area contributed by atoms with Gasteiger partial charge in [-0.15, -0.1) is 11.8 Å². The van der Waals surface area contributed by atoms with E-state index < -0.39 is 16.8 Å². The van der Waals surface area contributed by atoms with Gasteiger partial charge in [-0.2, -0.15) is 0 Å². The topological polar surface area (TPSA) is 67.5 Å². The number of hydrogen-bond acceptors (Lipinski definition) is 4. The van der Waals surface area contributed by atoms with Crippen LogP contribution in [0.1, 0.15) is 19.4 Å². The quantitative estimate of drug-likeness (QED) is 0.808. The molecule has 1 heterocycles. The van der Waals surface area contributed by atoms with Gasteiger partial charge in [-0.05, 0) is 29.7 Å². The maximum absolute atomic E-state index is 11.6. The fraction of sp³-hybridized carbons (Fsp3) is 0.333. The zero-order valence-corrected chi connectivity index (χ0v) is 14.0. The van der Waals surface area contributed by atoms with Crippen molar-refractivity contribution < 1.29 is 14.3 Å². The molecule has 2 aromatic rings. The third-order valence-electron chi connectivity index (χ3n) is 3.06. The summed E-state index contributed by atoms with van der Waals surface area (Å²) in [4.78, 5) is 22.9. The lowest BCUT2D eigenvalue weighted by Gasteiger charge is -2.16. The average molecular weight is 371 g/mol. The van der Waals surface area contributed by atoms with E-state index >= 15 is 0 Å². The van der Waals surface area contributed by atoms with Crippen molar-refractivity contribution in [3.05, 3.63) is 44.7 Å². The van der Waals surface area contributed by atoms with E-state index in [1.807, 2.05) is 26.0 Å². The van der Waals surface area contributed by atoms with Crippen molar-refractivity contribution in [1.29, 1.82) is 0 Å². The van der Waals surface area contributed by atoms with Crippen LogP contribution in [-0.2, 0) is 10.5 Å². The van der Waals surface area contributed by atoms with Gasteiger partial charge in [-0.1, -0.05) is 29.8 Å². The lowest BCUT2D eigenvalue weighted by atomic mass is 10.1. The molecule has 1 atom stereocenters. The summed E-state index contributed by atoms with van der Waals surface area (Å²) in [5.74, 6) is -0.350. The summed E-state index contributed by atoms with van der Waals surface area (Å²) in [5, 5.41) is 9.55.